The van der Waals surface area contributed by atoms with Crippen LogP contribution in [0.15, 0.2) is 24.5 Å². The van der Waals surface area contributed by atoms with E-state index in [0.29, 0.717) is 0 Å². The van der Waals surface area contributed by atoms with Crippen molar-refractivity contribution in [3.8, 4) is 0 Å². The topological polar surface area (TPSA) is 68.8 Å². The Hall–Kier alpha value is -0.990. The molecule has 0 aliphatic rings. The second-order valence-corrected chi connectivity index (χ2v) is 5.47. The van der Waals surface area contributed by atoms with Gasteiger partial charge in [0.15, 0.2) is 0 Å². The van der Waals surface area contributed by atoms with Gasteiger partial charge >= 0.3 is 0 Å². The monoisotopic (exact) mass is 371 g/mol. The molecule has 2 rings (SSSR count). The standard InChI is InChI=1S/C13H18IN5/c1-3-19-12(16-8-17-19)7-11(18-15)10-6-4-5-9(2)13(10)14/h4-6,8,11,18H,3,7,15H2,1-2H3. The quantitative estimate of drug-likeness (QED) is 0.479. The summed E-state index contributed by atoms with van der Waals surface area (Å²) >= 11 is 2.36. The van der Waals surface area contributed by atoms with Crippen molar-refractivity contribution in [3.05, 3.63) is 45.0 Å². The van der Waals surface area contributed by atoms with E-state index in [1.54, 1.807) is 6.33 Å². The normalized spacial score (nSPS) is 12.6. The van der Waals surface area contributed by atoms with E-state index in [-0.39, 0.29) is 6.04 Å². The highest BCUT2D eigenvalue weighted by molar-refractivity contribution is 14.1. The maximum atomic E-state index is 5.72. The average molecular weight is 371 g/mol. The van der Waals surface area contributed by atoms with Gasteiger partial charge < -0.3 is 0 Å². The summed E-state index contributed by atoms with van der Waals surface area (Å²) in [6, 6.07) is 6.31. The molecular weight excluding hydrogens is 353 g/mol. The van der Waals surface area contributed by atoms with Crippen LogP contribution in [-0.4, -0.2) is 14.8 Å². The molecule has 5 nitrogen and oxygen atoms in total. The molecule has 0 fully saturated rings. The molecule has 0 saturated carbocycles. The first kappa shape index (κ1) is 14.4. The third-order valence-electron chi connectivity index (χ3n) is 3.18. The van der Waals surface area contributed by atoms with Crippen molar-refractivity contribution in [3.63, 3.8) is 0 Å². The SMILES string of the molecule is CCn1ncnc1CC(NN)c1cccc(C)c1I. The summed E-state index contributed by atoms with van der Waals surface area (Å²) < 4.78 is 3.14. The molecule has 1 heterocycles. The van der Waals surface area contributed by atoms with Crippen molar-refractivity contribution in [1.82, 2.24) is 20.2 Å². The fourth-order valence-electron chi connectivity index (χ4n) is 2.09. The summed E-state index contributed by atoms with van der Waals surface area (Å²) in [5.41, 5.74) is 5.35. The second kappa shape index (κ2) is 6.44. The minimum absolute atomic E-state index is 0.0429. The zero-order chi connectivity index (χ0) is 13.8. The fourth-order valence-corrected chi connectivity index (χ4v) is 2.83. The highest BCUT2D eigenvalue weighted by atomic mass is 127. The second-order valence-electron chi connectivity index (χ2n) is 4.39. The first-order chi connectivity index (χ1) is 9.17. The molecule has 6 heteroatoms. The Morgan fingerprint density at radius 2 is 2.26 bits per heavy atom. The number of halogens is 1. The van der Waals surface area contributed by atoms with Gasteiger partial charge in [0, 0.05) is 16.5 Å². The molecule has 0 saturated heterocycles. The van der Waals surface area contributed by atoms with E-state index in [4.69, 9.17) is 5.84 Å². The van der Waals surface area contributed by atoms with E-state index in [9.17, 15) is 0 Å². The Balaban J connectivity index is 2.28. The molecule has 0 radical (unpaired) electrons. The van der Waals surface area contributed by atoms with Gasteiger partial charge in [0.05, 0.1) is 6.04 Å². The predicted octanol–water partition coefficient (Wildman–Crippen LogP) is 1.96. The average Bonchev–Trinajstić information content (AvgIpc) is 2.87. The van der Waals surface area contributed by atoms with Gasteiger partial charge in [-0.3, -0.25) is 16.0 Å². The van der Waals surface area contributed by atoms with Crippen molar-refractivity contribution in [2.75, 3.05) is 0 Å². The maximum Gasteiger partial charge on any atom is 0.138 e. The van der Waals surface area contributed by atoms with Crippen LogP contribution in [-0.2, 0) is 13.0 Å². The van der Waals surface area contributed by atoms with Crippen LogP contribution in [0.5, 0.6) is 0 Å². The summed E-state index contributed by atoms with van der Waals surface area (Å²) in [6.45, 7) is 4.98. The lowest BCUT2D eigenvalue weighted by Gasteiger charge is -2.18. The lowest BCUT2D eigenvalue weighted by Crippen LogP contribution is -2.31. The molecule has 0 amide bonds. The number of benzene rings is 1. The number of rotatable bonds is 5. The molecule has 2 aromatic rings. The number of nitrogens with one attached hydrogen (secondary N) is 1. The third-order valence-corrected chi connectivity index (χ3v) is 4.65. The number of aromatic nitrogens is 3. The number of hydrazine groups is 1. The highest BCUT2D eigenvalue weighted by Crippen LogP contribution is 2.24. The number of aryl methyl sites for hydroxylation is 2. The van der Waals surface area contributed by atoms with E-state index >= 15 is 0 Å². The summed E-state index contributed by atoms with van der Waals surface area (Å²) in [4.78, 5) is 4.31. The molecule has 1 unspecified atom stereocenters. The largest absolute Gasteiger partial charge is 0.271 e. The van der Waals surface area contributed by atoms with Gasteiger partial charge in [-0.2, -0.15) is 5.10 Å². The van der Waals surface area contributed by atoms with Gasteiger partial charge in [-0.15, -0.1) is 0 Å². The van der Waals surface area contributed by atoms with Crippen LogP contribution in [0.2, 0.25) is 0 Å². The fraction of sp³-hybridized carbons (Fsp3) is 0.385. The zero-order valence-electron chi connectivity index (χ0n) is 11.1. The Labute approximate surface area is 126 Å². The zero-order valence-corrected chi connectivity index (χ0v) is 13.3. The Kier molecular flexibility index (Phi) is 4.89. The van der Waals surface area contributed by atoms with E-state index in [1.165, 1.54) is 14.7 Å². The van der Waals surface area contributed by atoms with Crippen molar-refractivity contribution >= 4 is 22.6 Å². The third kappa shape index (κ3) is 3.13. The van der Waals surface area contributed by atoms with E-state index in [1.807, 2.05) is 4.68 Å². The molecule has 0 aliphatic heterocycles. The van der Waals surface area contributed by atoms with Crippen molar-refractivity contribution < 1.29 is 0 Å². The first-order valence-corrected chi connectivity index (χ1v) is 7.33. The first-order valence-electron chi connectivity index (χ1n) is 6.25. The molecule has 19 heavy (non-hydrogen) atoms. The summed E-state index contributed by atoms with van der Waals surface area (Å²) in [6.07, 6.45) is 2.32. The molecule has 1 aromatic carbocycles. The number of hydrogen-bond acceptors (Lipinski definition) is 4. The van der Waals surface area contributed by atoms with Crippen LogP contribution in [0.1, 0.15) is 29.9 Å². The molecule has 0 spiro atoms. The van der Waals surface area contributed by atoms with Gasteiger partial charge in [-0.25, -0.2) is 4.98 Å². The maximum absolute atomic E-state index is 5.72. The summed E-state index contributed by atoms with van der Waals surface area (Å²) in [5.74, 6) is 6.67. The van der Waals surface area contributed by atoms with Crippen LogP contribution >= 0.6 is 22.6 Å². The molecule has 0 aliphatic carbocycles. The molecule has 3 N–H and O–H groups in total. The molecule has 1 atom stereocenters. The van der Waals surface area contributed by atoms with Gasteiger partial charge in [-0.05, 0) is 47.6 Å². The Morgan fingerprint density at radius 3 is 2.95 bits per heavy atom. The molecule has 0 bridgehead atoms. The van der Waals surface area contributed by atoms with Crippen molar-refractivity contribution in [1.29, 1.82) is 0 Å². The summed E-state index contributed by atoms with van der Waals surface area (Å²) in [5, 5.41) is 4.19. The molecule has 102 valence electrons. The van der Waals surface area contributed by atoms with Gasteiger partial charge in [0.25, 0.3) is 0 Å². The van der Waals surface area contributed by atoms with Crippen molar-refractivity contribution in [2.24, 2.45) is 5.84 Å². The molecular formula is C13H18IN5. The minimum Gasteiger partial charge on any atom is -0.271 e. The van der Waals surface area contributed by atoms with Crippen LogP contribution in [0.3, 0.4) is 0 Å². The van der Waals surface area contributed by atoms with E-state index < -0.39 is 0 Å². The van der Waals surface area contributed by atoms with Gasteiger partial charge in [0.2, 0.25) is 0 Å². The lowest BCUT2D eigenvalue weighted by atomic mass is 10.0. The van der Waals surface area contributed by atoms with Crippen molar-refractivity contribution in [2.45, 2.75) is 32.9 Å². The van der Waals surface area contributed by atoms with Crippen LogP contribution in [0.4, 0.5) is 0 Å². The van der Waals surface area contributed by atoms with Gasteiger partial charge in [0.1, 0.15) is 12.2 Å². The highest BCUT2D eigenvalue weighted by Gasteiger charge is 2.17. The Morgan fingerprint density at radius 1 is 1.47 bits per heavy atom. The van der Waals surface area contributed by atoms with Crippen LogP contribution < -0.4 is 11.3 Å². The predicted molar refractivity (Wildman–Crippen MR) is 83.4 cm³/mol. The summed E-state index contributed by atoms with van der Waals surface area (Å²) in [7, 11) is 0. The lowest BCUT2D eigenvalue weighted by molar-refractivity contribution is 0.508. The number of hydrogen-bond donors (Lipinski definition) is 2. The number of nitrogens with zero attached hydrogens (tertiary/aromatic N) is 3. The van der Waals surface area contributed by atoms with Crippen LogP contribution in [0, 0.1) is 10.5 Å². The Bertz CT molecular complexity index is 552. The number of nitrogens with two attached hydrogens (primary N) is 1. The van der Waals surface area contributed by atoms with Crippen LogP contribution in [0.25, 0.3) is 0 Å². The van der Waals surface area contributed by atoms with E-state index in [2.05, 4.69) is 70.1 Å². The smallest absolute Gasteiger partial charge is 0.138 e. The van der Waals surface area contributed by atoms with Gasteiger partial charge in [-0.1, -0.05) is 18.2 Å². The molecule has 1 aromatic heterocycles. The minimum atomic E-state index is 0.0429. The van der Waals surface area contributed by atoms with E-state index in [0.717, 1.165) is 18.8 Å².